The molecule has 2 rings (SSSR count). The van der Waals surface area contributed by atoms with Crippen molar-refractivity contribution >= 4 is 23.2 Å². The predicted octanol–water partition coefficient (Wildman–Crippen LogP) is 1.08. The Morgan fingerprint density at radius 1 is 1.43 bits per heavy atom. The first-order valence-electron chi connectivity index (χ1n) is 7.21. The van der Waals surface area contributed by atoms with Crippen LogP contribution in [-0.2, 0) is 16.1 Å². The van der Waals surface area contributed by atoms with E-state index in [9.17, 15) is 9.59 Å². The topological polar surface area (TPSA) is 52.7 Å². The molecule has 1 saturated heterocycles. The largest absolute Gasteiger partial charge is 0.350 e. The number of nitrogens with zero attached hydrogens (tertiary/aromatic N) is 2. The maximum atomic E-state index is 11.9. The lowest BCUT2D eigenvalue weighted by Gasteiger charge is -2.17. The van der Waals surface area contributed by atoms with Crippen LogP contribution in [0.1, 0.15) is 16.2 Å². The van der Waals surface area contributed by atoms with E-state index in [1.807, 2.05) is 6.07 Å². The minimum atomic E-state index is 0.0269. The van der Waals surface area contributed by atoms with Gasteiger partial charge in [-0.2, -0.15) is 0 Å². The third-order valence-corrected chi connectivity index (χ3v) is 4.69. The number of carbonyl (C=O) groups excluding carboxylic acids is 2. The Morgan fingerprint density at radius 2 is 2.19 bits per heavy atom. The summed E-state index contributed by atoms with van der Waals surface area (Å²) in [7, 11) is 3.56. The van der Waals surface area contributed by atoms with Crippen LogP contribution in [0.2, 0.25) is 0 Å². The number of aryl methyl sites for hydroxylation is 1. The number of carbonyl (C=O) groups is 2. The van der Waals surface area contributed by atoms with Gasteiger partial charge in [0.15, 0.2) is 0 Å². The van der Waals surface area contributed by atoms with Crippen LogP contribution in [0.4, 0.5) is 0 Å². The SMILES string of the molecule is Cc1ccc(CNC(=O)CN2CCC(C(=O)N(C)C)C2)s1. The lowest BCUT2D eigenvalue weighted by molar-refractivity contribution is -0.132. The Morgan fingerprint density at radius 3 is 2.81 bits per heavy atom. The maximum Gasteiger partial charge on any atom is 0.234 e. The van der Waals surface area contributed by atoms with Gasteiger partial charge >= 0.3 is 0 Å². The third-order valence-electron chi connectivity index (χ3n) is 3.69. The smallest absolute Gasteiger partial charge is 0.234 e. The average Bonchev–Trinajstić information content (AvgIpc) is 3.04. The van der Waals surface area contributed by atoms with Gasteiger partial charge in [0.2, 0.25) is 11.8 Å². The molecule has 0 spiro atoms. The molecule has 21 heavy (non-hydrogen) atoms. The first-order valence-corrected chi connectivity index (χ1v) is 8.03. The fraction of sp³-hybridized carbons (Fsp3) is 0.600. The van der Waals surface area contributed by atoms with Crippen molar-refractivity contribution in [2.24, 2.45) is 5.92 Å². The van der Waals surface area contributed by atoms with E-state index >= 15 is 0 Å². The van der Waals surface area contributed by atoms with Crippen molar-refractivity contribution in [3.63, 3.8) is 0 Å². The number of amides is 2. The lowest BCUT2D eigenvalue weighted by atomic mass is 10.1. The lowest BCUT2D eigenvalue weighted by Crippen LogP contribution is -2.37. The number of hydrogen-bond donors (Lipinski definition) is 1. The second-order valence-electron chi connectivity index (χ2n) is 5.74. The Hall–Kier alpha value is -1.40. The van der Waals surface area contributed by atoms with E-state index in [-0.39, 0.29) is 17.7 Å². The second-order valence-corrected chi connectivity index (χ2v) is 7.11. The van der Waals surface area contributed by atoms with Crippen molar-refractivity contribution in [1.82, 2.24) is 15.1 Å². The van der Waals surface area contributed by atoms with Gasteiger partial charge in [-0.1, -0.05) is 0 Å². The third kappa shape index (κ3) is 4.54. The zero-order valence-corrected chi connectivity index (χ0v) is 13.7. The van der Waals surface area contributed by atoms with Crippen molar-refractivity contribution in [2.75, 3.05) is 33.7 Å². The molecule has 1 aromatic heterocycles. The highest BCUT2D eigenvalue weighted by atomic mass is 32.1. The van der Waals surface area contributed by atoms with Gasteiger partial charge in [0.25, 0.3) is 0 Å². The van der Waals surface area contributed by atoms with Gasteiger partial charge in [-0.25, -0.2) is 0 Å². The van der Waals surface area contributed by atoms with Crippen LogP contribution in [-0.4, -0.2) is 55.3 Å². The Balaban J connectivity index is 1.72. The van der Waals surface area contributed by atoms with Crippen molar-refractivity contribution in [3.8, 4) is 0 Å². The standard InChI is InChI=1S/C15H23N3O2S/c1-11-4-5-13(21-11)8-16-14(19)10-18-7-6-12(9-18)15(20)17(2)3/h4-5,12H,6-10H2,1-3H3,(H,16,19). The molecule has 0 radical (unpaired) electrons. The molecule has 1 fully saturated rings. The quantitative estimate of drug-likeness (QED) is 0.885. The molecule has 1 unspecified atom stereocenters. The van der Waals surface area contributed by atoms with Crippen LogP contribution in [0.3, 0.4) is 0 Å². The summed E-state index contributed by atoms with van der Waals surface area (Å²) in [4.78, 5) is 29.9. The zero-order chi connectivity index (χ0) is 15.4. The van der Waals surface area contributed by atoms with Crippen LogP contribution < -0.4 is 5.32 Å². The fourth-order valence-corrected chi connectivity index (χ4v) is 3.40. The minimum absolute atomic E-state index is 0.0269. The molecule has 1 aliphatic heterocycles. The molecule has 0 aromatic carbocycles. The predicted molar refractivity (Wildman–Crippen MR) is 84.1 cm³/mol. The van der Waals surface area contributed by atoms with Crippen molar-refractivity contribution in [1.29, 1.82) is 0 Å². The summed E-state index contributed by atoms with van der Waals surface area (Å²) in [6.45, 7) is 4.52. The number of rotatable bonds is 5. The summed E-state index contributed by atoms with van der Waals surface area (Å²) in [5.41, 5.74) is 0. The van der Waals surface area contributed by atoms with Crippen molar-refractivity contribution in [3.05, 3.63) is 21.9 Å². The molecule has 0 saturated carbocycles. The van der Waals surface area contributed by atoms with Crippen molar-refractivity contribution < 1.29 is 9.59 Å². The Labute approximate surface area is 129 Å². The molecule has 1 N–H and O–H groups in total. The normalized spacial score (nSPS) is 18.7. The molecule has 1 aliphatic rings. The first kappa shape index (κ1) is 16.0. The molecular formula is C15H23N3O2S. The zero-order valence-electron chi connectivity index (χ0n) is 12.9. The van der Waals surface area contributed by atoms with Gasteiger partial charge in [-0.15, -0.1) is 11.3 Å². The van der Waals surface area contributed by atoms with E-state index < -0.39 is 0 Å². The van der Waals surface area contributed by atoms with Crippen LogP contribution in [0.15, 0.2) is 12.1 Å². The Bertz CT molecular complexity index is 513. The second kappa shape index (κ2) is 7.04. The molecule has 2 heterocycles. The highest BCUT2D eigenvalue weighted by Crippen LogP contribution is 2.18. The molecule has 0 aliphatic carbocycles. The summed E-state index contributed by atoms with van der Waals surface area (Å²) in [5, 5.41) is 2.94. The number of nitrogens with one attached hydrogen (secondary N) is 1. The van der Waals surface area contributed by atoms with Gasteiger partial charge in [0, 0.05) is 30.4 Å². The molecule has 1 atom stereocenters. The van der Waals surface area contributed by atoms with E-state index in [2.05, 4.69) is 23.2 Å². The number of hydrogen-bond acceptors (Lipinski definition) is 4. The van der Waals surface area contributed by atoms with E-state index in [1.165, 1.54) is 9.75 Å². The minimum Gasteiger partial charge on any atom is -0.350 e. The summed E-state index contributed by atoms with van der Waals surface area (Å²) in [5.74, 6) is 0.221. The fourth-order valence-electron chi connectivity index (χ4n) is 2.57. The van der Waals surface area contributed by atoms with Crippen LogP contribution in [0.5, 0.6) is 0 Å². The van der Waals surface area contributed by atoms with Gasteiger partial charge in [0.05, 0.1) is 19.0 Å². The van der Waals surface area contributed by atoms with Crippen LogP contribution in [0, 0.1) is 12.8 Å². The van der Waals surface area contributed by atoms with E-state index in [1.54, 1.807) is 30.3 Å². The summed E-state index contributed by atoms with van der Waals surface area (Å²) < 4.78 is 0. The highest BCUT2D eigenvalue weighted by Gasteiger charge is 2.29. The van der Waals surface area contributed by atoms with Crippen molar-refractivity contribution in [2.45, 2.75) is 19.9 Å². The highest BCUT2D eigenvalue weighted by molar-refractivity contribution is 7.11. The van der Waals surface area contributed by atoms with Crippen LogP contribution in [0.25, 0.3) is 0 Å². The summed E-state index contributed by atoms with van der Waals surface area (Å²) in [6.07, 6.45) is 0.842. The maximum absolute atomic E-state index is 11.9. The van der Waals surface area contributed by atoms with Gasteiger partial charge in [-0.05, 0) is 32.0 Å². The summed E-state index contributed by atoms with van der Waals surface area (Å²) in [6, 6.07) is 4.10. The van der Waals surface area contributed by atoms with Gasteiger partial charge < -0.3 is 10.2 Å². The van der Waals surface area contributed by atoms with E-state index in [0.717, 1.165) is 13.0 Å². The van der Waals surface area contributed by atoms with E-state index in [4.69, 9.17) is 0 Å². The van der Waals surface area contributed by atoms with Gasteiger partial charge in [0.1, 0.15) is 0 Å². The number of likely N-dealkylation sites (tertiary alicyclic amines) is 1. The van der Waals surface area contributed by atoms with E-state index in [0.29, 0.717) is 19.6 Å². The molecule has 0 bridgehead atoms. The molecule has 1 aromatic rings. The number of thiophene rings is 1. The molecule has 5 nitrogen and oxygen atoms in total. The average molecular weight is 309 g/mol. The molecule has 116 valence electrons. The monoisotopic (exact) mass is 309 g/mol. The molecular weight excluding hydrogens is 286 g/mol. The van der Waals surface area contributed by atoms with Crippen LogP contribution >= 0.6 is 11.3 Å². The molecule has 2 amide bonds. The first-order chi connectivity index (χ1) is 9.95. The molecule has 6 heteroatoms. The van der Waals surface area contributed by atoms with Gasteiger partial charge in [-0.3, -0.25) is 14.5 Å². The summed E-state index contributed by atoms with van der Waals surface area (Å²) >= 11 is 1.70. The Kier molecular flexibility index (Phi) is 5.36.